The minimum absolute atomic E-state index is 0.0119. The van der Waals surface area contributed by atoms with E-state index < -0.39 is 10.0 Å². The van der Waals surface area contributed by atoms with Crippen LogP contribution in [0.25, 0.3) is 0 Å². The highest BCUT2D eigenvalue weighted by Gasteiger charge is 2.32. The van der Waals surface area contributed by atoms with Crippen molar-refractivity contribution >= 4 is 27.5 Å². The number of rotatable bonds is 5. The van der Waals surface area contributed by atoms with Crippen LogP contribution in [0, 0.1) is 19.8 Å². The number of aryl methyl sites for hydroxylation is 2. The first-order valence-electron chi connectivity index (χ1n) is 9.08. The molecule has 1 amide bonds. The van der Waals surface area contributed by atoms with E-state index in [0.29, 0.717) is 24.7 Å². The lowest BCUT2D eigenvalue weighted by molar-refractivity contribution is -0.136. The molecule has 0 aliphatic carbocycles. The largest absolute Gasteiger partial charge is 0.340 e. The van der Waals surface area contributed by atoms with E-state index in [1.807, 2.05) is 20.8 Å². The Kier molecular flexibility index (Phi) is 5.83. The third-order valence-electron chi connectivity index (χ3n) is 5.03. The van der Waals surface area contributed by atoms with Crippen LogP contribution in [-0.2, 0) is 28.4 Å². The van der Waals surface area contributed by atoms with Gasteiger partial charge in [0.2, 0.25) is 15.9 Å². The van der Waals surface area contributed by atoms with E-state index in [4.69, 9.17) is 11.6 Å². The van der Waals surface area contributed by atoms with E-state index in [2.05, 4.69) is 10.2 Å². The Morgan fingerprint density at radius 3 is 2.39 bits per heavy atom. The number of halogens is 1. The topological polar surface area (TPSA) is 93.3 Å². The van der Waals surface area contributed by atoms with Gasteiger partial charge in [-0.3, -0.25) is 14.2 Å². The molecule has 0 aromatic carbocycles. The minimum atomic E-state index is -3.58. The van der Waals surface area contributed by atoms with Crippen LogP contribution >= 0.6 is 11.6 Å². The molecule has 2 aromatic heterocycles. The molecule has 0 radical (unpaired) electrons. The van der Waals surface area contributed by atoms with Crippen LogP contribution in [0.1, 0.15) is 18.3 Å². The van der Waals surface area contributed by atoms with E-state index in [9.17, 15) is 13.2 Å². The molecule has 154 valence electrons. The highest BCUT2D eigenvalue weighted by atomic mass is 35.5. The number of carbonyl (C=O) groups excluding carboxylic acids is 1. The fraction of sp³-hybridized carbons (Fsp3) is 0.588. The number of hydrogen-bond donors (Lipinski definition) is 0. The molecule has 11 heteroatoms. The quantitative estimate of drug-likeness (QED) is 0.709. The van der Waals surface area contributed by atoms with Crippen LogP contribution in [0.2, 0.25) is 5.02 Å². The maximum absolute atomic E-state index is 12.8. The Morgan fingerprint density at radius 1 is 1.25 bits per heavy atom. The Bertz CT molecular complexity index is 975. The van der Waals surface area contributed by atoms with Crippen molar-refractivity contribution in [2.45, 2.75) is 32.2 Å². The first-order valence-corrected chi connectivity index (χ1v) is 10.9. The SMILES string of the molecule is Cc1nn(CC(C)C(=O)N2CCN(S(=O)(=O)c3cnn(C)c3)CC2)c(C)c1Cl. The van der Waals surface area contributed by atoms with E-state index in [0.717, 1.165) is 11.4 Å². The Labute approximate surface area is 169 Å². The number of hydrogen-bond acceptors (Lipinski definition) is 5. The van der Waals surface area contributed by atoms with Gasteiger partial charge in [0.1, 0.15) is 4.90 Å². The normalized spacial score (nSPS) is 17.1. The zero-order valence-corrected chi connectivity index (χ0v) is 18.0. The molecule has 28 heavy (non-hydrogen) atoms. The highest BCUT2D eigenvalue weighted by Crippen LogP contribution is 2.21. The number of amides is 1. The monoisotopic (exact) mass is 428 g/mol. The predicted octanol–water partition coefficient (Wildman–Crippen LogP) is 1.06. The molecule has 1 unspecified atom stereocenters. The molecule has 1 fully saturated rings. The summed E-state index contributed by atoms with van der Waals surface area (Å²) in [7, 11) is -1.91. The van der Waals surface area contributed by atoms with Gasteiger partial charge in [0.05, 0.1) is 35.1 Å². The lowest BCUT2D eigenvalue weighted by Crippen LogP contribution is -2.51. The highest BCUT2D eigenvalue weighted by molar-refractivity contribution is 7.89. The molecule has 0 bridgehead atoms. The second-order valence-corrected chi connectivity index (χ2v) is 9.46. The van der Waals surface area contributed by atoms with Gasteiger partial charge in [-0.2, -0.15) is 14.5 Å². The van der Waals surface area contributed by atoms with Crippen LogP contribution in [-0.4, -0.2) is 69.3 Å². The van der Waals surface area contributed by atoms with Crippen molar-refractivity contribution in [3.05, 3.63) is 28.8 Å². The lowest BCUT2D eigenvalue weighted by Gasteiger charge is -2.35. The maximum atomic E-state index is 12.8. The first-order chi connectivity index (χ1) is 13.1. The number of nitrogens with zero attached hydrogens (tertiary/aromatic N) is 6. The van der Waals surface area contributed by atoms with E-state index in [1.165, 1.54) is 21.4 Å². The van der Waals surface area contributed by atoms with Crippen LogP contribution < -0.4 is 0 Å². The van der Waals surface area contributed by atoms with Crippen molar-refractivity contribution < 1.29 is 13.2 Å². The first kappa shape index (κ1) is 20.8. The Balaban J connectivity index is 1.61. The summed E-state index contributed by atoms with van der Waals surface area (Å²) < 4.78 is 30.0. The average Bonchev–Trinajstić information content (AvgIpc) is 3.21. The van der Waals surface area contributed by atoms with Crippen LogP contribution in [0.5, 0.6) is 0 Å². The van der Waals surface area contributed by atoms with Gasteiger partial charge in [0.15, 0.2) is 0 Å². The molecule has 0 N–H and O–H groups in total. The van der Waals surface area contributed by atoms with Gasteiger partial charge in [-0.15, -0.1) is 0 Å². The summed E-state index contributed by atoms with van der Waals surface area (Å²) in [6.45, 7) is 7.25. The third kappa shape index (κ3) is 3.94. The summed E-state index contributed by atoms with van der Waals surface area (Å²) in [5.74, 6) is -0.294. The van der Waals surface area contributed by atoms with Gasteiger partial charge in [-0.1, -0.05) is 18.5 Å². The molecule has 3 heterocycles. The van der Waals surface area contributed by atoms with Crippen molar-refractivity contribution in [3.8, 4) is 0 Å². The van der Waals surface area contributed by atoms with E-state index in [-0.39, 0.29) is 29.8 Å². The van der Waals surface area contributed by atoms with Gasteiger partial charge in [0.25, 0.3) is 0 Å². The molecule has 0 spiro atoms. The second-order valence-electron chi connectivity index (χ2n) is 7.15. The third-order valence-corrected chi connectivity index (χ3v) is 7.43. The number of sulfonamides is 1. The Morgan fingerprint density at radius 2 is 1.89 bits per heavy atom. The van der Waals surface area contributed by atoms with Crippen molar-refractivity contribution in [2.24, 2.45) is 13.0 Å². The summed E-state index contributed by atoms with van der Waals surface area (Å²) in [5.41, 5.74) is 1.58. The van der Waals surface area contributed by atoms with Gasteiger partial charge >= 0.3 is 0 Å². The van der Waals surface area contributed by atoms with Crippen LogP contribution in [0.15, 0.2) is 17.3 Å². The molecule has 1 atom stereocenters. The molecular formula is C17H25ClN6O3S. The standard InChI is InChI=1S/C17H25ClN6O3S/c1-12(10-24-14(3)16(18)13(2)20-24)17(25)22-5-7-23(8-6-22)28(26,27)15-9-19-21(4)11-15/h9,11-12H,5-8,10H2,1-4H3. The fourth-order valence-electron chi connectivity index (χ4n) is 3.33. The summed E-state index contributed by atoms with van der Waals surface area (Å²) in [6, 6.07) is 0. The summed E-state index contributed by atoms with van der Waals surface area (Å²) >= 11 is 6.17. The van der Waals surface area contributed by atoms with E-state index >= 15 is 0 Å². The zero-order chi connectivity index (χ0) is 20.6. The zero-order valence-electron chi connectivity index (χ0n) is 16.5. The summed E-state index contributed by atoms with van der Waals surface area (Å²) in [5, 5.41) is 8.92. The number of aromatic nitrogens is 4. The average molecular weight is 429 g/mol. The van der Waals surface area contributed by atoms with Gasteiger partial charge in [0, 0.05) is 39.4 Å². The van der Waals surface area contributed by atoms with Crippen LogP contribution in [0.3, 0.4) is 0 Å². The fourth-order valence-corrected chi connectivity index (χ4v) is 4.88. The maximum Gasteiger partial charge on any atom is 0.246 e. The lowest BCUT2D eigenvalue weighted by atomic mass is 10.1. The Hall–Kier alpha value is -1.91. The number of piperazine rings is 1. The second kappa shape index (κ2) is 7.84. The molecular weight excluding hydrogens is 404 g/mol. The molecule has 3 rings (SSSR count). The van der Waals surface area contributed by atoms with Gasteiger partial charge in [-0.05, 0) is 13.8 Å². The van der Waals surface area contributed by atoms with Crippen molar-refractivity contribution in [1.82, 2.24) is 28.8 Å². The van der Waals surface area contributed by atoms with E-state index in [1.54, 1.807) is 16.6 Å². The van der Waals surface area contributed by atoms with Crippen molar-refractivity contribution in [3.63, 3.8) is 0 Å². The molecule has 1 saturated heterocycles. The number of carbonyl (C=O) groups is 1. The summed E-state index contributed by atoms with van der Waals surface area (Å²) in [4.78, 5) is 14.7. The summed E-state index contributed by atoms with van der Waals surface area (Å²) in [6.07, 6.45) is 2.82. The molecule has 9 nitrogen and oxygen atoms in total. The minimum Gasteiger partial charge on any atom is -0.340 e. The molecule has 1 aliphatic heterocycles. The van der Waals surface area contributed by atoms with Gasteiger partial charge < -0.3 is 4.90 Å². The molecule has 1 aliphatic rings. The molecule has 2 aromatic rings. The molecule has 0 saturated carbocycles. The van der Waals surface area contributed by atoms with Crippen molar-refractivity contribution in [1.29, 1.82) is 0 Å². The smallest absolute Gasteiger partial charge is 0.246 e. The predicted molar refractivity (Wildman–Crippen MR) is 104 cm³/mol. The van der Waals surface area contributed by atoms with Crippen molar-refractivity contribution in [2.75, 3.05) is 26.2 Å². The van der Waals surface area contributed by atoms with Gasteiger partial charge in [-0.25, -0.2) is 8.42 Å². The van der Waals surface area contributed by atoms with Crippen LogP contribution in [0.4, 0.5) is 0 Å².